The van der Waals surface area contributed by atoms with E-state index in [-0.39, 0.29) is 6.61 Å². The molecule has 0 fully saturated rings. The summed E-state index contributed by atoms with van der Waals surface area (Å²) in [7, 11) is 0. The van der Waals surface area contributed by atoms with Gasteiger partial charge in [0.1, 0.15) is 0 Å². The minimum absolute atomic E-state index is 0.0345. The molecule has 13 heavy (non-hydrogen) atoms. The molecule has 0 spiro atoms. The quantitative estimate of drug-likeness (QED) is 0.676. The van der Waals surface area contributed by atoms with E-state index in [0.29, 0.717) is 0 Å². The van der Waals surface area contributed by atoms with Crippen molar-refractivity contribution in [3.05, 3.63) is 34.4 Å². The Hall–Kier alpha value is -0.820. The molecule has 0 aliphatic carbocycles. The van der Waals surface area contributed by atoms with Gasteiger partial charge in [-0.15, -0.1) is 0 Å². The van der Waals surface area contributed by atoms with Crippen LogP contribution in [-0.4, -0.2) is 6.61 Å². The van der Waals surface area contributed by atoms with Crippen molar-refractivity contribution in [2.24, 2.45) is 0 Å². The molecule has 1 heteroatoms. The Balaban J connectivity index is 2.92. The minimum Gasteiger partial charge on any atom is -0.237 e. The lowest BCUT2D eigenvalue weighted by Gasteiger charge is -2.09. The van der Waals surface area contributed by atoms with Crippen molar-refractivity contribution in [3.63, 3.8) is 0 Å². The first kappa shape index (κ1) is 10.3. The molecule has 0 heterocycles. The number of rotatable bonds is 3. The van der Waals surface area contributed by atoms with Gasteiger partial charge in [0.15, 0.2) is 0 Å². The molecule has 0 aromatic heterocycles. The van der Waals surface area contributed by atoms with Gasteiger partial charge in [0, 0.05) is 0 Å². The molecule has 0 N–H and O–H groups in total. The van der Waals surface area contributed by atoms with E-state index in [1.807, 2.05) is 0 Å². The summed E-state index contributed by atoms with van der Waals surface area (Å²) in [6.07, 6.45) is 1.69. The van der Waals surface area contributed by atoms with Crippen molar-refractivity contribution in [2.75, 3.05) is 6.61 Å². The lowest BCUT2D eigenvalue weighted by molar-refractivity contribution is 0.189. The lowest BCUT2D eigenvalue weighted by Crippen LogP contribution is -1.96. The second kappa shape index (κ2) is 4.43. The van der Waals surface area contributed by atoms with Crippen LogP contribution in [0.4, 0.5) is 0 Å². The maximum atomic E-state index is 10.4. The molecule has 1 aromatic rings. The first-order valence-electron chi connectivity index (χ1n) is 4.80. The summed E-state index contributed by atoms with van der Waals surface area (Å²) in [6.45, 7) is 6.39. The molecule has 0 bridgehead atoms. The normalized spacial score (nSPS) is 10.5. The van der Waals surface area contributed by atoms with Crippen molar-refractivity contribution in [1.82, 2.24) is 0 Å². The van der Waals surface area contributed by atoms with E-state index in [1.165, 1.54) is 22.3 Å². The van der Waals surface area contributed by atoms with E-state index in [4.69, 9.17) is 0 Å². The maximum absolute atomic E-state index is 10.4. The molecule has 0 aliphatic heterocycles. The SMILES string of the molecule is Cc1cc(C)c(CCC[O])c(C)c1. The van der Waals surface area contributed by atoms with Crippen LogP contribution in [0.3, 0.4) is 0 Å². The van der Waals surface area contributed by atoms with Gasteiger partial charge in [0.25, 0.3) is 0 Å². The van der Waals surface area contributed by atoms with Gasteiger partial charge in [0.2, 0.25) is 0 Å². The Morgan fingerprint density at radius 1 is 1.08 bits per heavy atom. The van der Waals surface area contributed by atoms with E-state index in [9.17, 15) is 5.11 Å². The summed E-state index contributed by atoms with van der Waals surface area (Å²) < 4.78 is 0. The highest BCUT2D eigenvalue weighted by atomic mass is 16.2. The predicted molar refractivity (Wildman–Crippen MR) is 54.5 cm³/mol. The van der Waals surface area contributed by atoms with Gasteiger partial charge in [-0.2, -0.15) is 0 Å². The van der Waals surface area contributed by atoms with Crippen LogP contribution in [0.25, 0.3) is 0 Å². The van der Waals surface area contributed by atoms with Crippen LogP contribution in [0.5, 0.6) is 0 Å². The third-order valence-corrected chi connectivity index (χ3v) is 2.41. The smallest absolute Gasteiger partial charge is 0.0825 e. The Morgan fingerprint density at radius 3 is 2.08 bits per heavy atom. The fourth-order valence-electron chi connectivity index (χ4n) is 1.85. The standard InChI is InChI=1S/C12H17O/c1-9-7-10(2)12(5-4-6-13)11(3)8-9/h7-8H,4-6H2,1-3H3. The zero-order valence-corrected chi connectivity index (χ0v) is 8.68. The van der Waals surface area contributed by atoms with Crippen LogP contribution in [-0.2, 0) is 11.5 Å². The number of aryl methyl sites for hydroxylation is 3. The molecule has 0 saturated carbocycles. The van der Waals surface area contributed by atoms with E-state index in [2.05, 4.69) is 32.9 Å². The summed E-state index contributed by atoms with van der Waals surface area (Å²) in [5.74, 6) is 0. The maximum Gasteiger partial charge on any atom is 0.0825 e. The molecule has 71 valence electrons. The highest BCUT2D eigenvalue weighted by Crippen LogP contribution is 2.17. The van der Waals surface area contributed by atoms with Crippen molar-refractivity contribution in [2.45, 2.75) is 33.6 Å². The molecule has 0 atom stereocenters. The van der Waals surface area contributed by atoms with Crippen LogP contribution in [0, 0.1) is 20.8 Å². The minimum atomic E-state index is 0.0345. The molecule has 1 radical (unpaired) electrons. The molecule has 1 aromatic carbocycles. The Labute approximate surface area is 80.4 Å². The zero-order valence-electron chi connectivity index (χ0n) is 8.68. The van der Waals surface area contributed by atoms with Crippen LogP contribution >= 0.6 is 0 Å². The molecule has 0 unspecified atom stereocenters. The van der Waals surface area contributed by atoms with E-state index in [1.54, 1.807) is 0 Å². The monoisotopic (exact) mass is 177 g/mol. The summed E-state index contributed by atoms with van der Waals surface area (Å²) in [4.78, 5) is 0. The van der Waals surface area contributed by atoms with Crippen LogP contribution < -0.4 is 0 Å². The van der Waals surface area contributed by atoms with Gasteiger partial charge in [-0.1, -0.05) is 17.7 Å². The Bertz CT molecular complexity index is 266. The van der Waals surface area contributed by atoms with Gasteiger partial charge in [-0.3, -0.25) is 0 Å². The second-order valence-corrected chi connectivity index (χ2v) is 3.68. The average molecular weight is 177 g/mol. The van der Waals surface area contributed by atoms with E-state index in [0.717, 1.165) is 12.8 Å². The van der Waals surface area contributed by atoms with Crippen LogP contribution in [0.15, 0.2) is 12.1 Å². The third-order valence-electron chi connectivity index (χ3n) is 2.41. The average Bonchev–Trinajstić information content (AvgIpc) is 2.02. The highest BCUT2D eigenvalue weighted by Gasteiger charge is 2.02. The van der Waals surface area contributed by atoms with Crippen LogP contribution in [0.2, 0.25) is 0 Å². The second-order valence-electron chi connectivity index (χ2n) is 3.68. The van der Waals surface area contributed by atoms with E-state index >= 15 is 0 Å². The van der Waals surface area contributed by atoms with Crippen molar-refractivity contribution in [1.29, 1.82) is 0 Å². The fraction of sp³-hybridized carbons (Fsp3) is 0.500. The summed E-state index contributed by atoms with van der Waals surface area (Å²) in [5.41, 5.74) is 5.32. The molecule has 0 saturated heterocycles. The highest BCUT2D eigenvalue weighted by molar-refractivity contribution is 5.37. The lowest BCUT2D eigenvalue weighted by atomic mass is 9.96. The molecule has 0 amide bonds. The summed E-state index contributed by atoms with van der Waals surface area (Å²) >= 11 is 0. The Morgan fingerprint density at radius 2 is 1.62 bits per heavy atom. The largest absolute Gasteiger partial charge is 0.237 e. The number of hydrogen-bond donors (Lipinski definition) is 0. The topological polar surface area (TPSA) is 19.9 Å². The Kier molecular flexibility index (Phi) is 3.49. The van der Waals surface area contributed by atoms with Crippen molar-refractivity contribution in [3.8, 4) is 0 Å². The predicted octanol–water partition coefficient (Wildman–Crippen LogP) is 2.97. The van der Waals surface area contributed by atoms with Gasteiger partial charge in [-0.25, -0.2) is 5.11 Å². The van der Waals surface area contributed by atoms with Gasteiger partial charge < -0.3 is 0 Å². The first-order chi connectivity index (χ1) is 6.15. The molecular formula is C12H17O. The molecule has 0 aliphatic rings. The zero-order chi connectivity index (χ0) is 9.84. The van der Waals surface area contributed by atoms with Gasteiger partial charge in [0.05, 0.1) is 6.61 Å². The summed E-state index contributed by atoms with van der Waals surface area (Å²) in [6, 6.07) is 4.38. The van der Waals surface area contributed by atoms with Crippen molar-refractivity contribution < 1.29 is 5.11 Å². The number of benzene rings is 1. The van der Waals surface area contributed by atoms with Gasteiger partial charge >= 0.3 is 0 Å². The molecular weight excluding hydrogens is 160 g/mol. The number of hydrogen-bond acceptors (Lipinski definition) is 0. The molecule has 1 rings (SSSR count). The van der Waals surface area contributed by atoms with Crippen molar-refractivity contribution >= 4 is 0 Å². The van der Waals surface area contributed by atoms with Gasteiger partial charge in [-0.05, 0) is 50.3 Å². The fourth-order valence-corrected chi connectivity index (χ4v) is 1.85. The first-order valence-corrected chi connectivity index (χ1v) is 4.80. The summed E-state index contributed by atoms with van der Waals surface area (Å²) in [5, 5.41) is 10.4. The molecule has 1 nitrogen and oxygen atoms in total. The van der Waals surface area contributed by atoms with E-state index < -0.39 is 0 Å². The third kappa shape index (κ3) is 2.56. The van der Waals surface area contributed by atoms with Crippen LogP contribution in [0.1, 0.15) is 28.7 Å².